The normalized spacial score (nSPS) is 11.9. The fourth-order valence-electron chi connectivity index (χ4n) is 1.35. The molecule has 8 heteroatoms. The molecule has 1 aromatic carbocycles. The molecule has 0 aliphatic carbocycles. The second kappa shape index (κ2) is 5.89. The molecule has 1 atom stereocenters. The average molecular weight is 265 g/mol. The van der Waals surface area contributed by atoms with Crippen LogP contribution in [0.4, 0.5) is 4.39 Å². The number of halogens is 1. The standard InChI is InChI=1S/C11H12FN5O2/c1-7(19-9-5-3-2-4-8(9)12)11(18)13-6-10-14-16-17-15-10/h2-5,7H,6H2,1H3,(H,13,18)(H,14,15,16,17). The van der Waals surface area contributed by atoms with Crippen molar-refractivity contribution < 1.29 is 13.9 Å². The highest BCUT2D eigenvalue weighted by atomic mass is 19.1. The molecule has 1 unspecified atom stereocenters. The van der Waals surface area contributed by atoms with Crippen LogP contribution in [0.3, 0.4) is 0 Å². The minimum absolute atomic E-state index is 0.0321. The Hall–Kier alpha value is -2.51. The maximum atomic E-state index is 13.3. The van der Waals surface area contributed by atoms with Crippen LogP contribution in [0.2, 0.25) is 0 Å². The van der Waals surface area contributed by atoms with Crippen LogP contribution in [0.25, 0.3) is 0 Å². The molecular weight excluding hydrogens is 253 g/mol. The number of amides is 1. The fraction of sp³-hybridized carbons (Fsp3) is 0.273. The van der Waals surface area contributed by atoms with Crippen molar-refractivity contribution in [2.45, 2.75) is 19.6 Å². The van der Waals surface area contributed by atoms with Crippen LogP contribution in [-0.2, 0) is 11.3 Å². The summed E-state index contributed by atoms with van der Waals surface area (Å²) < 4.78 is 18.6. The lowest BCUT2D eigenvalue weighted by Crippen LogP contribution is -2.36. The summed E-state index contributed by atoms with van der Waals surface area (Å²) in [5.41, 5.74) is 0. The molecule has 0 saturated heterocycles. The summed E-state index contributed by atoms with van der Waals surface area (Å²) >= 11 is 0. The lowest BCUT2D eigenvalue weighted by Gasteiger charge is -2.14. The van der Waals surface area contributed by atoms with E-state index in [0.717, 1.165) is 0 Å². The molecule has 0 aliphatic heterocycles. The van der Waals surface area contributed by atoms with E-state index in [1.54, 1.807) is 12.1 Å². The molecule has 7 nitrogen and oxygen atoms in total. The van der Waals surface area contributed by atoms with Gasteiger partial charge in [-0.3, -0.25) is 4.79 Å². The number of aromatic nitrogens is 4. The Labute approximate surface area is 108 Å². The van der Waals surface area contributed by atoms with Gasteiger partial charge in [-0.2, -0.15) is 5.21 Å². The van der Waals surface area contributed by atoms with Crippen molar-refractivity contribution in [1.29, 1.82) is 0 Å². The predicted molar refractivity (Wildman–Crippen MR) is 62.5 cm³/mol. The van der Waals surface area contributed by atoms with Gasteiger partial charge in [0.15, 0.2) is 23.5 Å². The van der Waals surface area contributed by atoms with E-state index in [-0.39, 0.29) is 12.3 Å². The first-order chi connectivity index (χ1) is 9.16. The van der Waals surface area contributed by atoms with Gasteiger partial charge in [0.2, 0.25) is 0 Å². The van der Waals surface area contributed by atoms with Crippen molar-refractivity contribution in [3.63, 3.8) is 0 Å². The Morgan fingerprint density at radius 2 is 2.32 bits per heavy atom. The van der Waals surface area contributed by atoms with E-state index < -0.39 is 17.8 Å². The van der Waals surface area contributed by atoms with Crippen molar-refractivity contribution in [2.75, 3.05) is 0 Å². The topological polar surface area (TPSA) is 92.8 Å². The molecule has 0 fully saturated rings. The average Bonchev–Trinajstić information content (AvgIpc) is 2.91. The zero-order valence-corrected chi connectivity index (χ0v) is 10.1. The van der Waals surface area contributed by atoms with Crippen molar-refractivity contribution in [1.82, 2.24) is 25.9 Å². The maximum absolute atomic E-state index is 13.3. The molecule has 0 bridgehead atoms. The number of hydrogen-bond donors (Lipinski definition) is 2. The van der Waals surface area contributed by atoms with Crippen molar-refractivity contribution >= 4 is 5.91 Å². The van der Waals surface area contributed by atoms with Gasteiger partial charge in [0.05, 0.1) is 6.54 Å². The molecule has 0 spiro atoms. The van der Waals surface area contributed by atoms with Gasteiger partial charge in [0, 0.05) is 0 Å². The minimum atomic E-state index is -0.830. The third-order valence-electron chi connectivity index (χ3n) is 2.32. The molecule has 1 amide bonds. The van der Waals surface area contributed by atoms with Gasteiger partial charge in [-0.05, 0) is 19.1 Å². The first-order valence-electron chi connectivity index (χ1n) is 5.58. The van der Waals surface area contributed by atoms with Gasteiger partial charge < -0.3 is 10.1 Å². The molecule has 19 heavy (non-hydrogen) atoms. The monoisotopic (exact) mass is 265 g/mol. The van der Waals surface area contributed by atoms with Crippen LogP contribution in [0.1, 0.15) is 12.7 Å². The summed E-state index contributed by atoms with van der Waals surface area (Å²) in [5.74, 6) is -0.524. The highest BCUT2D eigenvalue weighted by Gasteiger charge is 2.16. The largest absolute Gasteiger partial charge is 0.478 e. The van der Waals surface area contributed by atoms with E-state index in [1.165, 1.54) is 19.1 Å². The minimum Gasteiger partial charge on any atom is -0.478 e. The van der Waals surface area contributed by atoms with E-state index in [4.69, 9.17) is 4.74 Å². The molecule has 2 rings (SSSR count). The van der Waals surface area contributed by atoms with Gasteiger partial charge >= 0.3 is 0 Å². The number of aromatic amines is 1. The Kier molecular flexibility index (Phi) is 4.01. The first-order valence-corrected chi connectivity index (χ1v) is 5.58. The molecule has 2 N–H and O–H groups in total. The second-order valence-electron chi connectivity index (χ2n) is 3.74. The lowest BCUT2D eigenvalue weighted by atomic mass is 10.3. The number of para-hydroxylation sites is 1. The van der Waals surface area contributed by atoms with E-state index in [9.17, 15) is 9.18 Å². The SMILES string of the molecule is CC(Oc1ccccc1F)C(=O)NCc1nn[nH]n1. The van der Waals surface area contributed by atoms with Crippen molar-refractivity contribution in [3.8, 4) is 5.75 Å². The molecule has 2 aromatic rings. The van der Waals surface area contributed by atoms with Crippen molar-refractivity contribution in [3.05, 3.63) is 35.9 Å². The number of hydrogen-bond acceptors (Lipinski definition) is 5. The Bertz CT molecular complexity index is 546. The molecule has 1 heterocycles. The fourth-order valence-corrected chi connectivity index (χ4v) is 1.35. The first kappa shape index (κ1) is 12.9. The zero-order chi connectivity index (χ0) is 13.7. The molecule has 0 saturated carbocycles. The number of rotatable bonds is 5. The van der Waals surface area contributed by atoms with Gasteiger partial charge in [0.1, 0.15) is 0 Å². The quantitative estimate of drug-likeness (QED) is 0.817. The summed E-state index contributed by atoms with van der Waals surface area (Å²) in [6.45, 7) is 1.65. The number of nitrogens with one attached hydrogen (secondary N) is 2. The molecule has 1 aromatic heterocycles. The summed E-state index contributed by atoms with van der Waals surface area (Å²) in [5, 5.41) is 15.5. The zero-order valence-electron chi connectivity index (χ0n) is 10.1. The number of carbonyl (C=O) groups excluding carboxylic acids is 1. The Morgan fingerprint density at radius 3 is 3.00 bits per heavy atom. The highest BCUT2D eigenvalue weighted by Crippen LogP contribution is 2.16. The third-order valence-corrected chi connectivity index (χ3v) is 2.32. The second-order valence-corrected chi connectivity index (χ2v) is 3.74. The molecule has 0 radical (unpaired) electrons. The van der Waals surface area contributed by atoms with Crippen LogP contribution in [-0.4, -0.2) is 32.6 Å². The van der Waals surface area contributed by atoms with Crippen LogP contribution in [0, 0.1) is 5.82 Å². The van der Waals surface area contributed by atoms with Gasteiger partial charge in [-0.1, -0.05) is 17.3 Å². The van der Waals surface area contributed by atoms with Gasteiger partial charge in [-0.25, -0.2) is 4.39 Å². The van der Waals surface area contributed by atoms with Gasteiger partial charge in [-0.15, -0.1) is 10.2 Å². The number of ether oxygens (including phenoxy) is 1. The third kappa shape index (κ3) is 3.47. The van der Waals surface area contributed by atoms with Crippen LogP contribution in [0.15, 0.2) is 24.3 Å². The number of benzene rings is 1. The smallest absolute Gasteiger partial charge is 0.261 e. The highest BCUT2D eigenvalue weighted by molar-refractivity contribution is 5.80. The summed E-state index contributed by atoms with van der Waals surface area (Å²) in [4.78, 5) is 11.7. The van der Waals surface area contributed by atoms with Crippen molar-refractivity contribution in [2.24, 2.45) is 0 Å². The number of carbonyl (C=O) groups is 1. The van der Waals surface area contributed by atoms with Crippen LogP contribution in [0.5, 0.6) is 5.75 Å². The number of H-pyrrole nitrogens is 1. The Morgan fingerprint density at radius 1 is 1.53 bits per heavy atom. The molecule has 100 valence electrons. The Balaban J connectivity index is 1.87. The predicted octanol–water partition coefficient (Wildman–Crippen LogP) is 0.422. The van der Waals surface area contributed by atoms with Gasteiger partial charge in [0.25, 0.3) is 5.91 Å². The summed E-state index contributed by atoms with van der Waals surface area (Å²) in [6.07, 6.45) is -0.830. The van der Waals surface area contributed by atoms with Crippen LogP contribution >= 0.6 is 0 Å². The molecule has 0 aliphatic rings. The number of tetrazole rings is 1. The van der Waals surface area contributed by atoms with E-state index in [0.29, 0.717) is 5.82 Å². The molecular formula is C11H12FN5O2. The van der Waals surface area contributed by atoms with E-state index >= 15 is 0 Å². The lowest BCUT2D eigenvalue weighted by molar-refractivity contribution is -0.127. The van der Waals surface area contributed by atoms with Crippen LogP contribution < -0.4 is 10.1 Å². The van der Waals surface area contributed by atoms with E-state index in [1.807, 2.05) is 0 Å². The summed E-state index contributed by atoms with van der Waals surface area (Å²) in [7, 11) is 0. The van der Waals surface area contributed by atoms with E-state index in [2.05, 4.69) is 25.9 Å². The summed E-state index contributed by atoms with van der Waals surface area (Å²) in [6, 6.07) is 5.89. The number of nitrogens with zero attached hydrogens (tertiary/aromatic N) is 3. The maximum Gasteiger partial charge on any atom is 0.261 e.